The smallest absolute Gasteiger partial charge is 0.226 e. The van der Waals surface area contributed by atoms with Crippen LogP contribution in [0.25, 0.3) is 11.2 Å². The van der Waals surface area contributed by atoms with Gasteiger partial charge in [0.1, 0.15) is 5.52 Å². The second-order valence-corrected chi connectivity index (χ2v) is 5.28. The minimum Gasteiger partial charge on any atom is -0.388 e. The fourth-order valence-corrected chi connectivity index (χ4v) is 2.58. The summed E-state index contributed by atoms with van der Waals surface area (Å²) in [6.45, 7) is 3.22. The third-order valence-corrected chi connectivity index (χ3v) is 3.38. The molecule has 2 N–H and O–H groups in total. The number of hydrogen-bond acceptors (Lipinski definition) is 5. The molecule has 1 aliphatic rings. The first kappa shape index (κ1) is 11.7. The lowest BCUT2D eigenvalue weighted by Gasteiger charge is -2.37. The molecule has 0 saturated carbocycles. The highest BCUT2D eigenvalue weighted by Gasteiger charge is 2.30. The third kappa shape index (κ3) is 2.02. The Hall–Kier alpha value is -1.40. The molecular formula is C11H14ClN5O. The van der Waals surface area contributed by atoms with Crippen LogP contribution in [0.5, 0.6) is 0 Å². The van der Waals surface area contributed by atoms with Gasteiger partial charge in [0.2, 0.25) is 5.28 Å². The van der Waals surface area contributed by atoms with E-state index in [9.17, 15) is 5.11 Å². The summed E-state index contributed by atoms with van der Waals surface area (Å²) in [7, 11) is 0. The summed E-state index contributed by atoms with van der Waals surface area (Å²) in [5, 5.41) is 10.3. The number of β-amino-alcohol motifs (C(OH)–C–C–N with tert-alkyl or cyclic N) is 1. The quantitative estimate of drug-likeness (QED) is 0.763. The number of rotatable bonds is 1. The largest absolute Gasteiger partial charge is 0.388 e. The number of aromatic amines is 1. The Morgan fingerprint density at radius 3 is 3.11 bits per heavy atom. The SMILES string of the molecule is CC1(O)CCCN(c2nc(Cl)nc3nc[nH]c23)C1. The highest BCUT2D eigenvalue weighted by Crippen LogP contribution is 2.28. The molecule has 1 atom stereocenters. The van der Waals surface area contributed by atoms with Gasteiger partial charge in [-0.2, -0.15) is 9.97 Å². The van der Waals surface area contributed by atoms with Gasteiger partial charge in [0, 0.05) is 13.1 Å². The summed E-state index contributed by atoms with van der Waals surface area (Å²) < 4.78 is 0. The Balaban J connectivity index is 2.05. The molecule has 18 heavy (non-hydrogen) atoms. The maximum Gasteiger partial charge on any atom is 0.226 e. The molecule has 3 heterocycles. The summed E-state index contributed by atoms with van der Waals surface area (Å²) in [6.07, 6.45) is 3.29. The van der Waals surface area contributed by atoms with E-state index in [1.54, 1.807) is 6.33 Å². The van der Waals surface area contributed by atoms with Gasteiger partial charge in [0.25, 0.3) is 0 Å². The zero-order valence-corrected chi connectivity index (χ0v) is 10.8. The van der Waals surface area contributed by atoms with Crippen molar-refractivity contribution in [1.82, 2.24) is 19.9 Å². The minimum atomic E-state index is -0.692. The van der Waals surface area contributed by atoms with E-state index in [1.807, 2.05) is 11.8 Å². The average Bonchev–Trinajstić information content (AvgIpc) is 2.74. The summed E-state index contributed by atoms with van der Waals surface area (Å²) in [6, 6.07) is 0. The van der Waals surface area contributed by atoms with Crippen LogP contribution in [-0.4, -0.2) is 43.7 Å². The first-order valence-electron chi connectivity index (χ1n) is 5.89. The highest BCUT2D eigenvalue weighted by molar-refractivity contribution is 6.28. The van der Waals surface area contributed by atoms with Crippen molar-refractivity contribution in [2.24, 2.45) is 0 Å². The zero-order valence-electron chi connectivity index (χ0n) is 10.0. The Bertz CT molecular complexity index is 582. The van der Waals surface area contributed by atoms with Gasteiger partial charge in [-0.3, -0.25) is 0 Å². The molecule has 0 spiro atoms. The van der Waals surface area contributed by atoms with Gasteiger partial charge < -0.3 is 15.0 Å². The standard InChI is InChI=1S/C11H14ClN5O/c1-11(18)3-2-4-17(5-11)9-7-8(14-6-13-7)15-10(12)16-9/h6,18H,2-5H2,1H3,(H,13,14,15,16). The number of imidazole rings is 1. The highest BCUT2D eigenvalue weighted by atomic mass is 35.5. The molecule has 6 nitrogen and oxygen atoms in total. The van der Waals surface area contributed by atoms with Crippen LogP contribution in [0.2, 0.25) is 5.28 Å². The Morgan fingerprint density at radius 2 is 2.33 bits per heavy atom. The molecule has 3 rings (SSSR count). The summed E-state index contributed by atoms with van der Waals surface area (Å²) >= 11 is 5.91. The number of aromatic nitrogens is 4. The molecule has 1 aliphatic heterocycles. The summed E-state index contributed by atoms with van der Waals surface area (Å²) in [5.74, 6) is 0.711. The normalized spacial score (nSPS) is 24.7. The fraction of sp³-hybridized carbons (Fsp3) is 0.545. The van der Waals surface area contributed by atoms with Crippen molar-refractivity contribution < 1.29 is 5.11 Å². The summed E-state index contributed by atoms with van der Waals surface area (Å²) in [4.78, 5) is 17.4. The number of piperidine rings is 1. The van der Waals surface area contributed by atoms with Crippen molar-refractivity contribution in [3.05, 3.63) is 11.6 Å². The van der Waals surface area contributed by atoms with E-state index in [1.165, 1.54) is 0 Å². The van der Waals surface area contributed by atoms with E-state index in [0.29, 0.717) is 18.0 Å². The maximum atomic E-state index is 10.2. The molecule has 0 aromatic carbocycles. The molecule has 0 amide bonds. The van der Waals surface area contributed by atoms with Crippen molar-refractivity contribution in [2.45, 2.75) is 25.4 Å². The monoisotopic (exact) mass is 267 g/mol. The van der Waals surface area contributed by atoms with E-state index in [-0.39, 0.29) is 5.28 Å². The van der Waals surface area contributed by atoms with Crippen LogP contribution in [0.15, 0.2) is 6.33 Å². The van der Waals surface area contributed by atoms with Gasteiger partial charge in [-0.25, -0.2) is 4.98 Å². The van der Waals surface area contributed by atoms with Crippen molar-refractivity contribution in [3.8, 4) is 0 Å². The topological polar surface area (TPSA) is 77.9 Å². The second-order valence-electron chi connectivity index (χ2n) is 4.94. The third-order valence-electron chi connectivity index (χ3n) is 3.21. The number of H-pyrrole nitrogens is 1. The fourth-order valence-electron chi connectivity index (χ4n) is 2.42. The van der Waals surface area contributed by atoms with Crippen LogP contribution in [0.3, 0.4) is 0 Å². The summed E-state index contributed by atoms with van der Waals surface area (Å²) in [5.41, 5.74) is 0.620. The maximum absolute atomic E-state index is 10.2. The van der Waals surface area contributed by atoms with Crippen molar-refractivity contribution >= 4 is 28.6 Å². The van der Waals surface area contributed by atoms with E-state index >= 15 is 0 Å². The van der Waals surface area contributed by atoms with Crippen molar-refractivity contribution in [1.29, 1.82) is 0 Å². The Kier molecular flexibility index (Phi) is 2.64. The second kappa shape index (κ2) is 4.07. The number of anilines is 1. The van der Waals surface area contributed by atoms with E-state index < -0.39 is 5.60 Å². The van der Waals surface area contributed by atoms with Gasteiger partial charge >= 0.3 is 0 Å². The Labute approximate surface area is 109 Å². The number of halogens is 1. The zero-order chi connectivity index (χ0) is 12.8. The molecule has 1 saturated heterocycles. The van der Waals surface area contributed by atoms with Gasteiger partial charge in [-0.05, 0) is 31.4 Å². The lowest BCUT2D eigenvalue weighted by atomic mass is 9.95. The number of nitrogens with one attached hydrogen (secondary N) is 1. The molecule has 1 unspecified atom stereocenters. The number of fused-ring (bicyclic) bond motifs is 1. The molecule has 0 aliphatic carbocycles. The molecule has 0 radical (unpaired) electrons. The van der Waals surface area contributed by atoms with Crippen molar-refractivity contribution in [2.75, 3.05) is 18.0 Å². The molecule has 2 aromatic rings. The van der Waals surface area contributed by atoms with E-state index in [0.717, 1.165) is 24.9 Å². The van der Waals surface area contributed by atoms with Crippen LogP contribution in [-0.2, 0) is 0 Å². The van der Waals surface area contributed by atoms with Crippen LogP contribution in [0.1, 0.15) is 19.8 Å². The van der Waals surface area contributed by atoms with E-state index in [2.05, 4.69) is 19.9 Å². The number of aliphatic hydroxyl groups is 1. The minimum absolute atomic E-state index is 0.176. The van der Waals surface area contributed by atoms with E-state index in [4.69, 9.17) is 11.6 Å². The lowest BCUT2D eigenvalue weighted by molar-refractivity contribution is 0.0448. The number of hydrogen-bond donors (Lipinski definition) is 2. The number of nitrogens with zero attached hydrogens (tertiary/aromatic N) is 4. The van der Waals surface area contributed by atoms with Crippen molar-refractivity contribution in [3.63, 3.8) is 0 Å². The van der Waals surface area contributed by atoms with Gasteiger partial charge in [0.15, 0.2) is 11.5 Å². The predicted molar refractivity (Wildman–Crippen MR) is 68.8 cm³/mol. The molecule has 1 fully saturated rings. The average molecular weight is 268 g/mol. The van der Waals surface area contributed by atoms with Crippen LogP contribution < -0.4 is 4.90 Å². The molecule has 96 valence electrons. The predicted octanol–water partition coefficient (Wildman–Crippen LogP) is 1.36. The lowest BCUT2D eigenvalue weighted by Crippen LogP contribution is -2.46. The van der Waals surface area contributed by atoms with Gasteiger partial charge in [-0.1, -0.05) is 0 Å². The van der Waals surface area contributed by atoms with Gasteiger partial charge in [-0.15, -0.1) is 0 Å². The molecular weight excluding hydrogens is 254 g/mol. The molecule has 7 heteroatoms. The van der Waals surface area contributed by atoms with Crippen LogP contribution in [0, 0.1) is 0 Å². The molecule has 0 bridgehead atoms. The Morgan fingerprint density at radius 1 is 1.50 bits per heavy atom. The first-order valence-corrected chi connectivity index (χ1v) is 6.27. The molecule has 2 aromatic heterocycles. The first-order chi connectivity index (χ1) is 8.55. The van der Waals surface area contributed by atoms with Crippen LogP contribution >= 0.6 is 11.6 Å². The van der Waals surface area contributed by atoms with Crippen LogP contribution in [0.4, 0.5) is 5.82 Å². The van der Waals surface area contributed by atoms with Gasteiger partial charge in [0.05, 0.1) is 11.9 Å².